The van der Waals surface area contributed by atoms with E-state index in [1.807, 2.05) is 6.07 Å². The second kappa shape index (κ2) is 4.76. The van der Waals surface area contributed by atoms with E-state index in [2.05, 4.69) is 9.80 Å². The fraction of sp³-hybridized carbons (Fsp3) is 0.571. The van der Waals surface area contributed by atoms with Gasteiger partial charge in [0.1, 0.15) is 5.82 Å². The van der Waals surface area contributed by atoms with Crippen LogP contribution in [-0.2, 0) is 0 Å². The Hall–Kier alpha value is -1.29. The van der Waals surface area contributed by atoms with Gasteiger partial charge in [-0.3, -0.25) is 4.90 Å². The predicted molar refractivity (Wildman–Crippen MR) is 72.2 cm³/mol. The van der Waals surface area contributed by atoms with Crippen LogP contribution in [0.5, 0.6) is 0 Å². The van der Waals surface area contributed by atoms with E-state index in [1.165, 1.54) is 25.5 Å². The van der Waals surface area contributed by atoms with Crippen LogP contribution in [0.4, 0.5) is 15.8 Å². The number of anilines is 2. The lowest BCUT2D eigenvalue weighted by atomic mass is 10.2. The van der Waals surface area contributed by atoms with Gasteiger partial charge in [-0.25, -0.2) is 4.39 Å². The van der Waals surface area contributed by atoms with E-state index in [0.29, 0.717) is 5.69 Å². The van der Waals surface area contributed by atoms with Crippen molar-refractivity contribution in [2.45, 2.75) is 12.8 Å². The third-order valence-electron chi connectivity index (χ3n) is 3.86. The summed E-state index contributed by atoms with van der Waals surface area (Å²) in [6.07, 6.45) is 2.81. The zero-order valence-electron chi connectivity index (χ0n) is 10.6. The zero-order valence-corrected chi connectivity index (χ0v) is 10.6. The number of halogens is 1. The smallest absolute Gasteiger partial charge is 0.127 e. The number of nitrogens with two attached hydrogens (primary N) is 1. The molecule has 0 amide bonds. The Balaban J connectivity index is 1.60. The van der Waals surface area contributed by atoms with Gasteiger partial charge in [0.2, 0.25) is 0 Å². The monoisotopic (exact) mass is 249 g/mol. The molecule has 1 aromatic carbocycles. The van der Waals surface area contributed by atoms with Crippen LogP contribution in [0.1, 0.15) is 12.8 Å². The SMILES string of the molecule is Nc1cc(F)cc(N2CCN(CC3CC3)CC2)c1. The number of hydrogen-bond acceptors (Lipinski definition) is 3. The molecule has 1 heterocycles. The van der Waals surface area contributed by atoms with E-state index in [0.717, 1.165) is 37.8 Å². The predicted octanol–water partition coefficient (Wildman–Crippen LogP) is 1.94. The first-order chi connectivity index (χ1) is 8.70. The molecule has 4 heteroatoms. The standard InChI is InChI=1S/C14H20FN3/c15-12-7-13(16)9-14(8-12)18-5-3-17(4-6-18)10-11-1-2-11/h7-9,11H,1-6,10,16H2. The van der Waals surface area contributed by atoms with Gasteiger partial charge in [-0.1, -0.05) is 0 Å². The molecule has 98 valence electrons. The minimum Gasteiger partial charge on any atom is -0.399 e. The molecule has 18 heavy (non-hydrogen) atoms. The number of rotatable bonds is 3. The van der Waals surface area contributed by atoms with E-state index < -0.39 is 0 Å². The van der Waals surface area contributed by atoms with Crippen LogP contribution in [0, 0.1) is 11.7 Å². The summed E-state index contributed by atoms with van der Waals surface area (Å²) in [4.78, 5) is 4.75. The molecule has 0 unspecified atom stereocenters. The second-order valence-electron chi connectivity index (χ2n) is 5.47. The summed E-state index contributed by atoms with van der Waals surface area (Å²) in [6, 6.07) is 4.80. The van der Waals surface area contributed by atoms with Gasteiger partial charge in [0, 0.05) is 44.1 Å². The van der Waals surface area contributed by atoms with Gasteiger partial charge < -0.3 is 10.6 Å². The molecule has 3 rings (SSSR count). The molecule has 1 aliphatic heterocycles. The van der Waals surface area contributed by atoms with Gasteiger partial charge in [0.05, 0.1) is 0 Å². The van der Waals surface area contributed by atoms with Gasteiger partial charge in [0.15, 0.2) is 0 Å². The Morgan fingerprint density at radius 2 is 1.83 bits per heavy atom. The van der Waals surface area contributed by atoms with Crippen LogP contribution in [-0.4, -0.2) is 37.6 Å². The Morgan fingerprint density at radius 1 is 1.11 bits per heavy atom. The number of piperazine rings is 1. The molecule has 0 atom stereocenters. The summed E-state index contributed by atoms with van der Waals surface area (Å²) in [7, 11) is 0. The van der Waals surface area contributed by atoms with E-state index in [1.54, 1.807) is 6.07 Å². The molecule has 2 N–H and O–H groups in total. The van der Waals surface area contributed by atoms with Crippen molar-refractivity contribution in [1.82, 2.24) is 4.90 Å². The van der Waals surface area contributed by atoms with Crippen molar-refractivity contribution in [3.05, 3.63) is 24.0 Å². The Kier molecular flexibility index (Phi) is 3.12. The summed E-state index contributed by atoms with van der Waals surface area (Å²) < 4.78 is 13.3. The summed E-state index contributed by atoms with van der Waals surface area (Å²) in [6.45, 7) is 5.34. The van der Waals surface area contributed by atoms with E-state index >= 15 is 0 Å². The molecule has 1 aromatic rings. The lowest BCUT2D eigenvalue weighted by Crippen LogP contribution is -2.47. The number of benzene rings is 1. The maximum Gasteiger partial charge on any atom is 0.127 e. The highest BCUT2D eigenvalue weighted by Gasteiger charge is 2.26. The molecular formula is C14H20FN3. The van der Waals surface area contributed by atoms with Crippen LogP contribution in [0.2, 0.25) is 0 Å². The van der Waals surface area contributed by atoms with Crippen molar-refractivity contribution in [3.8, 4) is 0 Å². The molecule has 2 fully saturated rings. The van der Waals surface area contributed by atoms with Gasteiger partial charge >= 0.3 is 0 Å². The summed E-state index contributed by atoms with van der Waals surface area (Å²) in [5, 5.41) is 0. The molecule has 0 aromatic heterocycles. The molecule has 0 spiro atoms. The Bertz CT molecular complexity index is 403. The summed E-state index contributed by atoms with van der Waals surface area (Å²) >= 11 is 0. The van der Waals surface area contributed by atoms with Crippen molar-refractivity contribution in [3.63, 3.8) is 0 Å². The first-order valence-corrected chi connectivity index (χ1v) is 6.74. The number of hydrogen-bond donors (Lipinski definition) is 1. The normalized spacial score (nSPS) is 21.3. The molecule has 2 aliphatic rings. The minimum absolute atomic E-state index is 0.245. The third-order valence-corrected chi connectivity index (χ3v) is 3.86. The van der Waals surface area contributed by atoms with Crippen LogP contribution in [0.15, 0.2) is 18.2 Å². The Morgan fingerprint density at radius 3 is 2.44 bits per heavy atom. The van der Waals surface area contributed by atoms with E-state index in [4.69, 9.17) is 5.73 Å². The molecule has 1 saturated heterocycles. The average Bonchev–Trinajstić information content (AvgIpc) is 3.12. The molecule has 0 radical (unpaired) electrons. The van der Waals surface area contributed by atoms with Gasteiger partial charge in [-0.2, -0.15) is 0 Å². The highest BCUT2D eigenvalue weighted by molar-refractivity contribution is 5.56. The van der Waals surface area contributed by atoms with Gasteiger partial charge in [-0.05, 0) is 37.0 Å². The molecular weight excluding hydrogens is 229 g/mol. The molecule has 1 aliphatic carbocycles. The maximum atomic E-state index is 13.3. The topological polar surface area (TPSA) is 32.5 Å². The fourth-order valence-corrected chi connectivity index (χ4v) is 2.63. The molecule has 1 saturated carbocycles. The first kappa shape index (κ1) is 11.8. The van der Waals surface area contributed by atoms with Crippen LogP contribution >= 0.6 is 0 Å². The second-order valence-corrected chi connectivity index (χ2v) is 5.47. The average molecular weight is 249 g/mol. The number of nitrogens with zero attached hydrogens (tertiary/aromatic N) is 2. The quantitative estimate of drug-likeness (QED) is 0.831. The zero-order chi connectivity index (χ0) is 12.5. The van der Waals surface area contributed by atoms with Gasteiger partial charge in [0.25, 0.3) is 0 Å². The third kappa shape index (κ3) is 2.75. The lowest BCUT2D eigenvalue weighted by Gasteiger charge is -2.36. The van der Waals surface area contributed by atoms with Crippen molar-refractivity contribution < 1.29 is 4.39 Å². The van der Waals surface area contributed by atoms with Crippen LogP contribution < -0.4 is 10.6 Å². The van der Waals surface area contributed by atoms with Crippen LogP contribution in [0.3, 0.4) is 0 Å². The highest BCUT2D eigenvalue weighted by Crippen LogP contribution is 2.30. The highest BCUT2D eigenvalue weighted by atomic mass is 19.1. The van der Waals surface area contributed by atoms with Crippen molar-refractivity contribution in [2.24, 2.45) is 5.92 Å². The lowest BCUT2D eigenvalue weighted by molar-refractivity contribution is 0.248. The summed E-state index contributed by atoms with van der Waals surface area (Å²) in [5.41, 5.74) is 7.11. The first-order valence-electron chi connectivity index (χ1n) is 6.74. The Labute approximate surface area is 107 Å². The molecule has 0 bridgehead atoms. The largest absolute Gasteiger partial charge is 0.399 e. The maximum absolute atomic E-state index is 13.3. The van der Waals surface area contributed by atoms with Gasteiger partial charge in [-0.15, -0.1) is 0 Å². The van der Waals surface area contributed by atoms with E-state index in [9.17, 15) is 4.39 Å². The van der Waals surface area contributed by atoms with Crippen molar-refractivity contribution >= 4 is 11.4 Å². The van der Waals surface area contributed by atoms with Crippen molar-refractivity contribution in [1.29, 1.82) is 0 Å². The fourth-order valence-electron chi connectivity index (χ4n) is 2.63. The number of nitrogen functional groups attached to an aromatic ring is 1. The molecule has 3 nitrogen and oxygen atoms in total. The minimum atomic E-state index is -0.245. The van der Waals surface area contributed by atoms with E-state index in [-0.39, 0.29) is 5.82 Å². The summed E-state index contributed by atoms with van der Waals surface area (Å²) in [5.74, 6) is 0.701. The van der Waals surface area contributed by atoms with Crippen LogP contribution in [0.25, 0.3) is 0 Å². The van der Waals surface area contributed by atoms with Crippen molar-refractivity contribution in [2.75, 3.05) is 43.4 Å².